The molecular weight excluding hydrogens is 423 g/mol. The maximum Gasteiger partial charge on any atom is 0.416 e. The lowest BCUT2D eigenvalue weighted by Gasteiger charge is -2.14. The van der Waals surface area contributed by atoms with Gasteiger partial charge in [0.1, 0.15) is 18.5 Å². The van der Waals surface area contributed by atoms with E-state index >= 15 is 0 Å². The first-order chi connectivity index (χ1) is 14.6. The number of ether oxygens (including phenoxy) is 1. The number of non-ortho nitro benzene ring substituents is 1. The summed E-state index contributed by atoms with van der Waals surface area (Å²) in [5.41, 5.74) is -1.10. The molecule has 0 saturated heterocycles. The lowest BCUT2D eigenvalue weighted by Crippen LogP contribution is -2.41. The minimum absolute atomic E-state index is 0.00646. The minimum atomic E-state index is -4.47. The molecule has 2 rings (SSSR count). The Bertz CT molecular complexity index is 934. The molecule has 9 nitrogen and oxygen atoms in total. The number of nitrogens with zero attached hydrogens (tertiary/aromatic N) is 1. The summed E-state index contributed by atoms with van der Waals surface area (Å²) in [7, 11) is 0. The van der Waals surface area contributed by atoms with E-state index in [1.165, 1.54) is 18.2 Å². The van der Waals surface area contributed by atoms with Crippen molar-refractivity contribution in [3.63, 3.8) is 0 Å². The number of rotatable bonds is 9. The molecule has 2 amide bonds. The maximum atomic E-state index is 12.5. The minimum Gasteiger partial charge on any atom is -0.491 e. The smallest absolute Gasteiger partial charge is 0.416 e. The van der Waals surface area contributed by atoms with Crippen molar-refractivity contribution >= 4 is 17.5 Å². The Hall–Kier alpha value is -3.67. The Balaban J connectivity index is 1.71. The Labute approximate surface area is 174 Å². The molecule has 12 heteroatoms. The largest absolute Gasteiger partial charge is 0.491 e. The molecule has 0 radical (unpaired) electrons. The molecule has 0 fully saturated rings. The van der Waals surface area contributed by atoms with Crippen LogP contribution in [0.25, 0.3) is 0 Å². The molecule has 1 unspecified atom stereocenters. The predicted octanol–water partition coefficient (Wildman–Crippen LogP) is 1.90. The number of nitro groups is 1. The van der Waals surface area contributed by atoms with Gasteiger partial charge in [0.15, 0.2) is 0 Å². The Morgan fingerprint density at radius 2 is 1.81 bits per heavy atom. The summed E-state index contributed by atoms with van der Waals surface area (Å²) in [6, 6.07) is 8.87. The van der Waals surface area contributed by atoms with Crippen molar-refractivity contribution in [1.29, 1.82) is 0 Å². The fourth-order valence-electron chi connectivity index (χ4n) is 2.31. The summed E-state index contributed by atoms with van der Waals surface area (Å²) in [6.07, 6.45) is -5.62. The van der Waals surface area contributed by atoms with Gasteiger partial charge in [0, 0.05) is 24.2 Å². The van der Waals surface area contributed by atoms with E-state index in [4.69, 9.17) is 4.74 Å². The van der Waals surface area contributed by atoms with E-state index in [9.17, 15) is 38.0 Å². The van der Waals surface area contributed by atoms with Crippen LogP contribution in [-0.4, -0.2) is 47.6 Å². The first-order valence-electron chi connectivity index (χ1n) is 8.83. The van der Waals surface area contributed by atoms with E-state index in [1.54, 1.807) is 0 Å². The molecule has 31 heavy (non-hydrogen) atoms. The van der Waals surface area contributed by atoms with Gasteiger partial charge in [0.2, 0.25) is 5.91 Å². The lowest BCUT2D eigenvalue weighted by atomic mass is 10.2. The van der Waals surface area contributed by atoms with Gasteiger partial charge in [-0.1, -0.05) is 6.07 Å². The summed E-state index contributed by atoms with van der Waals surface area (Å²) < 4.78 is 42.6. The number of halogens is 3. The van der Waals surface area contributed by atoms with E-state index in [1.807, 2.05) is 0 Å². The summed E-state index contributed by atoms with van der Waals surface area (Å²) in [5.74, 6) is -1.21. The number of carbonyl (C=O) groups is 2. The normalized spacial score (nSPS) is 12.0. The Kier molecular flexibility index (Phi) is 7.91. The van der Waals surface area contributed by atoms with Gasteiger partial charge in [0.05, 0.1) is 17.0 Å². The molecule has 0 spiro atoms. The van der Waals surface area contributed by atoms with E-state index < -0.39 is 41.1 Å². The van der Waals surface area contributed by atoms with Crippen LogP contribution in [0, 0.1) is 10.1 Å². The molecule has 0 heterocycles. The lowest BCUT2D eigenvalue weighted by molar-refractivity contribution is -0.384. The molecule has 1 atom stereocenters. The van der Waals surface area contributed by atoms with Crippen LogP contribution in [-0.2, 0) is 11.0 Å². The van der Waals surface area contributed by atoms with Crippen molar-refractivity contribution in [1.82, 2.24) is 10.6 Å². The average Bonchev–Trinajstić information content (AvgIpc) is 2.74. The molecule has 0 aliphatic rings. The number of carbonyl (C=O) groups excluding carboxylic acids is 2. The Morgan fingerprint density at radius 3 is 2.42 bits per heavy atom. The summed E-state index contributed by atoms with van der Waals surface area (Å²) in [6.45, 7) is -0.953. The monoisotopic (exact) mass is 441 g/mol. The van der Waals surface area contributed by atoms with Gasteiger partial charge in [-0.05, 0) is 30.3 Å². The van der Waals surface area contributed by atoms with Crippen molar-refractivity contribution in [2.45, 2.75) is 12.3 Å². The zero-order valence-electron chi connectivity index (χ0n) is 15.9. The van der Waals surface area contributed by atoms with Gasteiger partial charge in [-0.2, -0.15) is 13.2 Å². The first kappa shape index (κ1) is 23.6. The number of hydrogen-bond donors (Lipinski definition) is 3. The SMILES string of the molecule is O=C(CNC(=O)c1cccc([N+](=O)[O-])c1)NCC(O)COc1ccc(C(F)(F)F)cc1. The van der Waals surface area contributed by atoms with Crippen LogP contribution >= 0.6 is 0 Å². The van der Waals surface area contributed by atoms with Crippen molar-refractivity contribution in [3.05, 3.63) is 69.8 Å². The molecular formula is C19H18F3N3O6. The van der Waals surface area contributed by atoms with Gasteiger partial charge in [-0.15, -0.1) is 0 Å². The summed E-state index contributed by atoms with van der Waals surface area (Å²) in [5, 5.41) is 25.2. The van der Waals surface area contributed by atoms with E-state index in [2.05, 4.69) is 10.6 Å². The molecule has 2 aromatic rings. The number of alkyl halides is 3. The summed E-state index contributed by atoms with van der Waals surface area (Å²) >= 11 is 0. The second-order valence-electron chi connectivity index (χ2n) is 6.28. The fraction of sp³-hybridized carbons (Fsp3) is 0.263. The second-order valence-corrected chi connectivity index (χ2v) is 6.28. The zero-order valence-corrected chi connectivity index (χ0v) is 15.9. The first-order valence-corrected chi connectivity index (χ1v) is 8.83. The van der Waals surface area contributed by atoms with Crippen LogP contribution in [0.4, 0.5) is 18.9 Å². The molecule has 0 aliphatic heterocycles. The molecule has 2 aromatic carbocycles. The number of nitrogens with one attached hydrogen (secondary N) is 2. The van der Waals surface area contributed by atoms with Gasteiger partial charge in [-0.3, -0.25) is 19.7 Å². The standard InChI is InChI=1S/C19H18F3N3O6/c20-19(21,22)13-4-6-16(7-5-13)31-11-15(26)9-23-17(27)10-24-18(28)12-2-1-3-14(8-12)25(29)30/h1-8,15,26H,9-11H2,(H,23,27)(H,24,28). The van der Waals surface area contributed by atoms with E-state index in [-0.39, 0.29) is 30.2 Å². The molecule has 3 N–H and O–H groups in total. The zero-order chi connectivity index (χ0) is 23.0. The van der Waals surface area contributed by atoms with Crippen molar-refractivity contribution in [2.75, 3.05) is 19.7 Å². The maximum absolute atomic E-state index is 12.5. The van der Waals surface area contributed by atoms with Crippen LogP contribution in [0.5, 0.6) is 5.75 Å². The highest BCUT2D eigenvalue weighted by molar-refractivity contribution is 5.96. The van der Waals surface area contributed by atoms with E-state index in [0.717, 1.165) is 30.3 Å². The highest BCUT2D eigenvalue weighted by Crippen LogP contribution is 2.30. The second kappa shape index (κ2) is 10.4. The number of aliphatic hydroxyl groups excluding tert-OH is 1. The highest BCUT2D eigenvalue weighted by atomic mass is 19.4. The van der Waals surface area contributed by atoms with Crippen LogP contribution in [0.3, 0.4) is 0 Å². The number of nitro benzene ring substituents is 1. The third kappa shape index (κ3) is 7.59. The topological polar surface area (TPSA) is 131 Å². The van der Waals surface area contributed by atoms with Crippen molar-refractivity contribution in [3.8, 4) is 5.75 Å². The number of amides is 2. The van der Waals surface area contributed by atoms with Crippen LogP contribution in [0.15, 0.2) is 48.5 Å². The van der Waals surface area contributed by atoms with Crippen LogP contribution in [0.1, 0.15) is 15.9 Å². The fourth-order valence-corrected chi connectivity index (χ4v) is 2.31. The highest BCUT2D eigenvalue weighted by Gasteiger charge is 2.30. The number of hydrogen-bond acceptors (Lipinski definition) is 6. The third-order valence-corrected chi connectivity index (χ3v) is 3.89. The van der Waals surface area contributed by atoms with Gasteiger partial charge in [0.25, 0.3) is 11.6 Å². The van der Waals surface area contributed by atoms with Crippen LogP contribution in [0.2, 0.25) is 0 Å². The summed E-state index contributed by atoms with van der Waals surface area (Å²) in [4.78, 5) is 33.8. The molecule has 0 saturated carbocycles. The van der Waals surface area contributed by atoms with E-state index in [0.29, 0.717) is 0 Å². The van der Waals surface area contributed by atoms with Gasteiger partial charge >= 0.3 is 6.18 Å². The third-order valence-electron chi connectivity index (χ3n) is 3.89. The quantitative estimate of drug-likeness (QED) is 0.403. The van der Waals surface area contributed by atoms with Gasteiger partial charge in [-0.25, -0.2) is 0 Å². The van der Waals surface area contributed by atoms with Crippen molar-refractivity contribution < 1.29 is 37.5 Å². The molecule has 0 aromatic heterocycles. The Morgan fingerprint density at radius 1 is 1.13 bits per heavy atom. The molecule has 0 bridgehead atoms. The number of aliphatic hydroxyl groups is 1. The molecule has 0 aliphatic carbocycles. The average molecular weight is 441 g/mol. The predicted molar refractivity (Wildman–Crippen MR) is 101 cm³/mol. The van der Waals surface area contributed by atoms with Crippen LogP contribution < -0.4 is 15.4 Å². The molecule has 166 valence electrons. The van der Waals surface area contributed by atoms with Crippen molar-refractivity contribution in [2.24, 2.45) is 0 Å². The van der Waals surface area contributed by atoms with Gasteiger partial charge < -0.3 is 20.5 Å². The number of benzene rings is 2.